The van der Waals surface area contributed by atoms with E-state index in [1.165, 1.54) is 12.8 Å². The van der Waals surface area contributed by atoms with Crippen LogP contribution in [0.25, 0.3) is 0 Å². The van der Waals surface area contributed by atoms with Gasteiger partial charge in [-0.25, -0.2) is 0 Å². The van der Waals surface area contributed by atoms with Crippen molar-refractivity contribution in [2.45, 2.75) is 58.9 Å². The van der Waals surface area contributed by atoms with Crippen LogP contribution >= 0.6 is 15.9 Å². The minimum Gasteiger partial charge on any atom is -0.353 e. The molecule has 1 rings (SSSR count). The molecule has 0 bridgehead atoms. The molecular formula is C13H24BrNO. The van der Waals surface area contributed by atoms with Crippen LogP contribution in [0.15, 0.2) is 0 Å². The van der Waals surface area contributed by atoms with Gasteiger partial charge in [0.2, 0.25) is 5.91 Å². The first-order chi connectivity index (χ1) is 7.47. The Balaban J connectivity index is 2.40. The van der Waals surface area contributed by atoms with E-state index in [1.54, 1.807) is 0 Å². The second-order valence-electron chi connectivity index (χ2n) is 5.67. The van der Waals surface area contributed by atoms with E-state index in [9.17, 15) is 4.79 Å². The second kappa shape index (κ2) is 6.04. The zero-order valence-corrected chi connectivity index (χ0v) is 12.3. The van der Waals surface area contributed by atoms with Crippen LogP contribution in [0, 0.1) is 11.3 Å². The minimum absolute atomic E-state index is 0.194. The Kier molecular flexibility index (Phi) is 5.29. The normalized spacial score (nSPS) is 25.4. The van der Waals surface area contributed by atoms with E-state index in [0.717, 1.165) is 24.6 Å². The summed E-state index contributed by atoms with van der Waals surface area (Å²) in [7, 11) is 0. The molecule has 3 heteroatoms. The maximum atomic E-state index is 12.1. The van der Waals surface area contributed by atoms with Crippen molar-refractivity contribution in [3.8, 4) is 0 Å². The van der Waals surface area contributed by atoms with Crippen LogP contribution in [0.5, 0.6) is 0 Å². The first-order valence-corrected chi connectivity index (χ1v) is 7.46. The SMILES string of the molecule is CC(CCCBr)NC(=O)C1CCCC1(C)C. The smallest absolute Gasteiger partial charge is 0.223 e. The van der Waals surface area contributed by atoms with Gasteiger partial charge in [0.15, 0.2) is 0 Å². The number of nitrogens with one attached hydrogen (secondary N) is 1. The van der Waals surface area contributed by atoms with Crippen molar-refractivity contribution in [1.29, 1.82) is 0 Å². The van der Waals surface area contributed by atoms with E-state index >= 15 is 0 Å². The van der Waals surface area contributed by atoms with E-state index < -0.39 is 0 Å². The van der Waals surface area contributed by atoms with Crippen LogP contribution in [0.1, 0.15) is 52.9 Å². The van der Waals surface area contributed by atoms with Crippen molar-refractivity contribution >= 4 is 21.8 Å². The zero-order valence-electron chi connectivity index (χ0n) is 10.7. The fourth-order valence-corrected chi connectivity index (χ4v) is 2.94. The van der Waals surface area contributed by atoms with Gasteiger partial charge in [0.25, 0.3) is 0 Å². The van der Waals surface area contributed by atoms with Crippen LogP contribution < -0.4 is 5.32 Å². The van der Waals surface area contributed by atoms with Gasteiger partial charge >= 0.3 is 0 Å². The van der Waals surface area contributed by atoms with Crippen molar-refractivity contribution in [2.24, 2.45) is 11.3 Å². The number of rotatable bonds is 5. The molecule has 1 fully saturated rings. The number of hydrogen-bond donors (Lipinski definition) is 1. The summed E-state index contributed by atoms with van der Waals surface area (Å²) >= 11 is 3.42. The van der Waals surface area contributed by atoms with Gasteiger partial charge < -0.3 is 5.32 Å². The molecule has 1 aliphatic rings. The Morgan fingerprint density at radius 1 is 1.56 bits per heavy atom. The fraction of sp³-hybridized carbons (Fsp3) is 0.923. The van der Waals surface area contributed by atoms with Crippen molar-refractivity contribution in [3.63, 3.8) is 0 Å². The summed E-state index contributed by atoms with van der Waals surface area (Å²) in [5.74, 6) is 0.489. The van der Waals surface area contributed by atoms with Crippen molar-refractivity contribution in [1.82, 2.24) is 5.32 Å². The van der Waals surface area contributed by atoms with Gasteiger partial charge in [-0.15, -0.1) is 0 Å². The molecule has 1 amide bonds. The topological polar surface area (TPSA) is 29.1 Å². The Morgan fingerprint density at radius 3 is 2.75 bits per heavy atom. The molecule has 0 spiro atoms. The molecule has 2 nitrogen and oxygen atoms in total. The number of hydrogen-bond acceptors (Lipinski definition) is 1. The third-order valence-electron chi connectivity index (χ3n) is 3.73. The molecule has 2 unspecified atom stereocenters. The Morgan fingerprint density at radius 2 is 2.25 bits per heavy atom. The predicted octanol–water partition coefficient (Wildman–Crippen LogP) is 3.49. The number of halogens is 1. The highest BCUT2D eigenvalue weighted by molar-refractivity contribution is 9.09. The second-order valence-corrected chi connectivity index (χ2v) is 6.47. The van der Waals surface area contributed by atoms with Gasteiger partial charge in [-0.1, -0.05) is 36.2 Å². The molecule has 2 atom stereocenters. The lowest BCUT2D eigenvalue weighted by Gasteiger charge is -2.27. The van der Waals surface area contributed by atoms with Crippen LogP contribution in [-0.4, -0.2) is 17.3 Å². The molecule has 1 saturated carbocycles. The van der Waals surface area contributed by atoms with Gasteiger partial charge in [-0.05, 0) is 38.0 Å². The standard InChI is InChI=1S/C13H24BrNO/c1-10(6-5-9-14)15-12(16)11-7-4-8-13(11,2)3/h10-11H,4-9H2,1-3H3,(H,15,16). The molecule has 0 radical (unpaired) electrons. The third kappa shape index (κ3) is 3.76. The highest BCUT2D eigenvalue weighted by Crippen LogP contribution is 2.42. The fourth-order valence-electron chi connectivity index (χ4n) is 2.61. The summed E-state index contributed by atoms with van der Waals surface area (Å²) in [4.78, 5) is 12.1. The summed E-state index contributed by atoms with van der Waals surface area (Å²) in [6.45, 7) is 6.53. The maximum absolute atomic E-state index is 12.1. The van der Waals surface area contributed by atoms with Crippen LogP contribution in [0.4, 0.5) is 0 Å². The molecule has 1 aliphatic carbocycles. The van der Waals surface area contributed by atoms with Gasteiger partial charge in [0, 0.05) is 17.3 Å². The van der Waals surface area contributed by atoms with Crippen LogP contribution in [-0.2, 0) is 4.79 Å². The molecule has 0 aromatic carbocycles. The summed E-state index contributed by atoms with van der Waals surface area (Å²) in [5, 5.41) is 4.17. The quantitative estimate of drug-likeness (QED) is 0.772. The molecule has 0 aliphatic heterocycles. The number of carbonyl (C=O) groups excluding carboxylic acids is 1. The van der Waals surface area contributed by atoms with E-state index in [1.807, 2.05) is 0 Å². The van der Waals surface area contributed by atoms with Crippen LogP contribution in [0.3, 0.4) is 0 Å². The molecule has 0 heterocycles. The molecular weight excluding hydrogens is 266 g/mol. The lowest BCUT2D eigenvalue weighted by molar-refractivity contribution is -0.128. The first kappa shape index (κ1) is 14.0. The Hall–Kier alpha value is -0.0500. The van der Waals surface area contributed by atoms with Gasteiger partial charge in [0.05, 0.1) is 0 Å². The average molecular weight is 290 g/mol. The van der Waals surface area contributed by atoms with Gasteiger partial charge in [0.1, 0.15) is 0 Å². The number of alkyl halides is 1. The molecule has 0 saturated heterocycles. The predicted molar refractivity (Wildman–Crippen MR) is 71.8 cm³/mol. The lowest BCUT2D eigenvalue weighted by Crippen LogP contribution is -2.40. The number of amides is 1. The maximum Gasteiger partial charge on any atom is 0.223 e. The minimum atomic E-state index is 0.194. The third-order valence-corrected chi connectivity index (χ3v) is 4.29. The monoisotopic (exact) mass is 289 g/mol. The zero-order chi connectivity index (χ0) is 12.2. The van der Waals surface area contributed by atoms with Crippen molar-refractivity contribution < 1.29 is 4.79 Å². The molecule has 1 N–H and O–H groups in total. The van der Waals surface area contributed by atoms with E-state index in [-0.39, 0.29) is 17.2 Å². The van der Waals surface area contributed by atoms with Crippen molar-refractivity contribution in [3.05, 3.63) is 0 Å². The molecule has 0 aromatic heterocycles. The van der Waals surface area contributed by atoms with E-state index in [0.29, 0.717) is 6.04 Å². The molecule has 94 valence electrons. The highest BCUT2D eigenvalue weighted by Gasteiger charge is 2.39. The average Bonchev–Trinajstić information content (AvgIpc) is 2.55. The van der Waals surface area contributed by atoms with Crippen molar-refractivity contribution in [2.75, 3.05) is 5.33 Å². The summed E-state index contributed by atoms with van der Waals surface area (Å²) in [6, 6.07) is 0.307. The largest absolute Gasteiger partial charge is 0.353 e. The lowest BCUT2D eigenvalue weighted by atomic mass is 9.81. The van der Waals surface area contributed by atoms with Gasteiger partial charge in [-0.2, -0.15) is 0 Å². The van der Waals surface area contributed by atoms with Gasteiger partial charge in [-0.3, -0.25) is 4.79 Å². The highest BCUT2D eigenvalue weighted by atomic mass is 79.9. The summed E-state index contributed by atoms with van der Waals surface area (Å²) in [5.41, 5.74) is 0.194. The first-order valence-electron chi connectivity index (χ1n) is 6.33. The van der Waals surface area contributed by atoms with E-state index in [2.05, 4.69) is 42.0 Å². The Bertz CT molecular complexity index is 240. The summed E-state index contributed by atoms with van der Waals surface area (Å²) in [6.07, 6.45) is 5.62. The molecule has 0 aromatic rings. The van der Waals surface area contributed by atoms with E-state index in [4.69, 9.17) is 0 Å². The van der Waals surface area contributed by atoms with Crippen LogP contribution in [0.2, 0.25) is 0 Å². The Labute approximate surface area is 108 Å². The molecule has 16 heavy (non-hydrogen) atoms. The number of carbonyl (C=O) groups is 1. The summed E-state index contributed by atoms with van der Waals surface area (Å²) < 4.78 is 0.